The molecule has 0 spiro atoms. The van der Waals surface area contributed by atoms with Gasteiger partial charge in [0.05, 0.1) is 0 Å². The maximum absolute atomic E-state index is 12.2. The molecule has 1 fully saturated rings. The van der Waals surface area contributed by atoms with E-state index >= 15 is 0 Å². The average molecular weight is 244 g/mol. The van der Waals surface area contributed by atoms with Gasteiger partial charge in [-0.15, -0.1) is 0 Å². The first-order chi connectivity index (χ1) is 8.74. The molecule has 1 atom stereocenters. The van der Waals surface area contributed by atoms with Gasteiger partial charge in [0, 0.05) is 19.1 Å². The number of nitrogens with zero attached hydrogens (tertiary/aromatic N) is 1. The van der Waals surface area contributed by atoms with Gasteiger partial charge >= 0.3 is 6.03 Å². The zero-order valence-electron chi connectivity index (χ0n) is 10.9. The van der Waals surface area contributed by atoms with Gasteiger partial charge in [-0.05, 0) is 43.2 Å². The summed E-state index contributed by atoms with van der Waals surface area (Å²) in [6.45, 7) is 3.70. The summed E-state index contributed by atoms with van der Waals surface area (Å²) in [4.78, 5) is 14.1. The number of hydrogen-bond donors (Lipinski definition) is 1. The van der Waals surface area contributed by atoms with Crippen molar-refractivity contribution in [2.75, 3.05) is 6.54 Å². The molecule has 2 aliphatic rings. The van der Waals surface area contributed by atoms with E-state index in [2.05, 4.69) is 30.4 Å². The summed E-state index contributed by atoms with van der Waals surface area (Å²) in [7, 11) is 0. The van der Waals surface area contributed by atoms with Crippen LogP contribution in [0.3, 0.4) is 0 Å². The number of amides is 2. The van der Waals surface area contributed by atoms with Crippen molar-refractivity contribution in [1.29, 1.82) is 0 Å². The molecule has 3 rings (SSSR count). The molecule has 3 heteroatoms. The molecular formula is C15H20N2O. The molecule has 2 amide bonds. The number of rotatable bonds is 2. The van der Waals surface area contributed by atoms with Gasteiger partial charge in [-0.2, -0.15) is 0 Å². The molecule has 1 saturated carbocycles. The maximum Gasteiger partial charge on any atom is 0.317 e. The first-order valence-corrected chi connectivity index (χ1v) is 6.86. The second-order valence-corrected chi connectivity index (χ2v) is 5.52. The highest BCUT2D eigenvalue weighted by Crippen LogP contribution is 2.32. The summed E-state index contributed by atoms with van der Waals surface area (Å²) < 4.78 is 0. The predicted molar refractivity (Wildman–Crippen MR) is 71.3 cm³/mol. The fourth-order valence-corrected chi connectivity index (χ4v) is 2.67. The van der Waals surface area contributed by atoms with Crippen LogP contribution < -0.4 is 5.32 Å². The van der Waals surface area contributed by atoms with Crippen LogP contribution in [-0.2, 0) is 13.0 Å². The van der Waals surface area contributed by atoms with Crippen LogP contribution in [0.15, 0.2) is 24.3 Å². The van der Waals surface area contributed by atoms with Crippen molar-refractivity contribution in [1.82, 2.24) is 10.2 Å². The summed E-state index contributed by atoms with van der Waals surface area (Å²) in [6.07, 6.45) is 3.51. The molecule has 1 aromatic rings. The molecule has 1 aromatic carbocycles. The smallest absolute Gasteiger partial charge is 0.317 e. The van der Waals surface area contributed by atoms with Gasteiger partial charge in [-0.25, -0.2) is 4.79 Å². The van der Waals surface area contributed by atoms with E-state index in [0.29, 0.717) is 12.0 Å². The van der Waals surface area contributed by atoms with Gasteiger partial charge in [0.1, 0.15) is 0 Å². The minimum absolute atomic E-state index is 0.101. The van der Waals surface area contributed by atoms with E-state index in [1.54, 1.807) is 0 Å². The van der Waals surface area contributed by atoms with Crippen molar-refractivity contribution >= 4 is 6.03 Å². The van der Waals surface area contributed by atoms with Crippen LogP contribution in [-0.4, -0.2) is 23.5 Å². The van der Waals surface area contributed by atoms with Crippen molar-refractivity contribution in [3.05, 3.63) is 35.4 Å². The number of urea groups is 1. The van der Waals surface area contributed by atoms with Gasteiger partial charge in [-0.3, -0.25) is 0 Å². The van der Waals surface area contributed by atoms with E-state index in [9.17, 15) is 4.79 Å². The molecule has 1 heterocycles. The highest BCUT2D eigenvalue weighted by Gasteiger charge is 2.30. The third-order valence-corrected chi connectivity index (χ3v) is 4.10. The first-order valence-electron chi connectivity index (χ1n) is 6.86. The van der Waals surface area contributed by atoms with Crippen LogP contribution in [0.2, 0.25) is 0 Å². The third-order valence-electron chi connectivity index (χ3n) is 4.10. The lowest BCUT2D eigenvalue weighted by Crippen LogP contribution is -2.46. The summed E-state index contributed by atoms with van der Waals surface area (Å²) in [5, 5.41) is 3.13. The second kappa shape index (κ2) is 4.63. The highest BCUT2D eigenvalue weighted by atomic mass is 16.2. The topological polar surface area (TPSA) is 32.3 Å². The number of carbonyl (C=O) groups is 1. The third kappa shape index (κ3) is 2.35. The Bertz CT molecular complexity index is 454. The zero-order valence-corrected chi connectivity index (χ0v) is 10.9. The molecule has 3 nitrogen and oxygen atoms in total. The van der Waals surface area contributed by atoms with Crippen LogP contribution in [0.4, 0.5) is 4.79 Å². The van der Waals surface area contributed by atoms with Crippen LogP contribution in [0.25, 0.3) is 0 Å². The van der Waals surface area contributed by atoms with Gasteiger partial charge in [0.15, 0.2) is 0 Å². The Labute approximate surface area is 108 Å². The van der Waals surface area contributed by atoms with Crippen molar-refractivity contribution in [3.8, 4) is 0 Å². The van der Waals surface area contributed by atoms with Crippen LogP contribution in [0, 0.1) is 5.92 Å². The molecule has 0 aromatic heterocycles. The number of hydrogen-bond acceptors (Lipinski definition) is 1. The van der Waals surface area contributed by atoms with Crippen LogP contribution in [0.1, 0.15) is 30.9 Å². The highest BCUT2D eigenvalue weighted by molar-refractivity contribution is 5.75. The van der Waals surface area contributed by atoms with E-state index in [1.807, 2.05) is 11.0 Å². The maximum atomic E-state index is 12.2. The molecule has 18 heavy (non-hydrogen) atoms. The summed E-state index contributed by atoms with van der Waals surface area (Å²) in [5.41, 5.74) is 2.68. The Morgan fingerprint density at radius 3 is 2.78 bits per heavy atom. The number of benzene rings is 1. The zero-order chi connectivity index (χ0) is 12.5. The van der Waals surface area contributed by atoms with Crippen molar-refractivity contribution in [3.63, 3.8) is 0 Å². The Balaban J connectivity index is 1.62. The van der Waals surface area contributed by atoms with Crippen LogP contribution in [0.5, 0.6) is 0 Å². The number of fused-ring (bicyclic) bond motifs is 1. The summed E-state index contributed by atoms with van der Waals surface area (Å²) >= 11 is 0. The van der Waals surface area contributed by atoms with Gasteiger partial charge < -0.3 is 10.2 Å². The monoisotopic (exact) mass is 244 g/mol. The minimum atomic E-state index is 0.101. The Kier molecular flexibility index (Phi) is 2.98. The molecule has 1 aliphatic carbocycles. The van der Waals surface area contributed by atoms with E-state index in [0.717, 1.165) is 19.5 Å². The number of nitrogens with one attached hydrogen (secondary N) is 1. The fraction of sp³-hybridized carbons (Fsp3) is 0.533. The van der Waals surface area contributed by atoms with Gasteiger partial charge in [0.2, 0.25) is 0 Å². The molecule has 96 valence electrons. The summed E-state index contributed by atoms with van der Waals surface area (Å²) in [6, 6.07) is 8.84. The normalized spacial score (nSPS) is 20.2. The van der Waals surface area contributed by atoms with E-state index in [1.165, 1.54) is 24.0 Å². The first kappa shape index (κ1) is 11.6. The molecule has 0 saturated heterocycles. The molecule has 1 aliphatic heterocycles. The Morgan fingerprint density at radius 1 is 1.33 bits per heavy atom. The van der Waals surface area contributed by atoms with Crippen molar-refractivity contribution in [2.45, 2.75) is 38.8 Å². The second-order valence-electron chi connectivity index (χ2n) is 5.52. The Morgan fingerprint density at radius 2 is 2.06 bits per heavy atom. The largest absolute Gasteiger partial charge is 0.335 e. The van der Waals surface area contributed by atoms with Crippen molar-refractivity contribution < 1.29 is 4.79 Å². The predicted octanol–water partition coefficient (Wildman–Crippen LogP) is 2.55. The standard InChI is InChI=1S/C15H20N2O/c1-11(12-6-7-12)16-15(18)17-9-8-13-4-2-3-5-14(13)10-17/h2-5,11-12H,6-10H2,1H3,(H,16,18). The van der Waals surface area contributed by atoms with Gasteiger partial charge in [0.25, 0.3) is 0 Å². The molecule has 0 radical (unpaired) electrons. The lowest BCUT2D eigenvalue weighted by Gasteiger charge is -2.30. The van der Waals surface area contributed by atoms with Crippen molar-refractivity contribution in [2.24, 2.45) is 5.92 Å². The van der Waals surface area contributed by atoms with E-state index in [4.69, 9.17) is 0 Å². The van der Waals surface area contributed by atoms with Gasteiger partial charge in [-0.1, -0.05) is 24.3 Å². The summed E-state index contributed by atoms with van der Waals surface area (Å²) in [5.74, 6) is 0.714. The fourth-order valence-electron chi connectivity index (χ4n) is 2.67. The van der Waals surface area contributed by atoms with Crippen LogP contribution >= 0.6 is 0 Å². The lowest BCUT2D eigenvalue weighted by atomic mass is 10.0. The Hall–Kier alpha value is -1.51. The quantitative estimate of drug-likeness (QED) is 0.852. The van der Waals surface area contributed by atoms with E-state index in [-0.39, 0.29) is 6.03 Å². The molecular weight excluding hydrogens is 224 g/mol. The average Bonchev–Trinajstić information content (AvgIpc) is 3.22. The lowest BCUT2D eigenvalue weighted by molar-refractivity contribution is 0.188. The minimum Gasteiger partial charge on any atom is -0.335 e. The number of carbonyl (C=O) groups excluding carboxylic acids is 1. The molecule has 1 N–H and O–H groups in total. The molecule has 1 unspecified atom stereocenters. The SMILES string of the molecule is CC(NC(=O)N1CCc2ccccc2C1)C1CC1. The van der Waals surface area contributed by atoms with E-state index < -0.39 is 0 Å². The molecule has 0 bridgehead atoms.